The molecule has 0 saturated carbocycles. The first-order chi connectivity index (χ1) is 13.4. The molecule has 9 heteroatoms. The number of anilines is 2. The Morgan fingerprint density at radius 3 is 2.75 bits per heavy atom. The highest BCUT2D eigenvalue weighted by molar-refractivity contribution is 5.68. The molecular weight excluding hydrogens is 373 g/mol. The van der Waals surface area contributed by atoms with Gasteiger partial charge in [-0.15, -0.1) is 0 Å². The number of pyridine rings is 1. The van der Waals surface area contributed by atoms with E-state index in [1.165, 1.54) is 12.4 Å². The molecule has 3 aromatic rings. The zero-order valence-corrected chi connectivity index (χ0v) is 14.4. The molecule has 28 heavy (non-hydrogen) atoms. The highest BCUT2D eigenvalue weighted by Gasteiger charge is 2.34. The topological polar surface area (TPSA) is 80.2 Å². The molecule has 1 aromatic carbocycles. The van der Waals surface area contributed by atoms with Gasteiger partial charge in [0, 0.05) is 36.0 Å². The number of fused-ring (bicyclic) bond motifs is 1. The van der Waals surface area contributed by atoms with Gasteiger partial charge in [0.05, 0.1) is 18.4 Å². The van der Waals surface area contributed by atoms with Crippen LogP contribution in [0.15, 0.2) is 48.8 Å². The predicted octanol–water partition coefficient (Wildman–Crippen LogP) is 4.12. The average molecular weight is 388 g/mol. The Balaban J connectivity index is 1.77. The van der Waals surface area contributed by atoms with E-state index in [4.69, 9.17) is 4.74 Å². The second-order valence-corrected chi connectivity index (χ2v) is 6.20. The van der Waals surface area contributed by atoms with Gasteiger partial charge in [-0.3, -0.25) is 4.98 Å². The van der Waals surface area contributed by atoms with Crippen molar-refractivity contribution in [3.63, 3.8) is 0 Å². The zero-order chi connectivity index (χ0) is 19.7. The molecule has 6 nitrogen and oxygen atoms in total. The van der Waals surface area contributed by atoms with Crippen LogP contribution in [0.1, 0.15) is 23.8 Å². The minimum Gasteiger partial charge on any atom is -0.491 e. The van der Waals surface area contributed by atoms with Crippen molar-refractivity contribution >= 4 is 11.5 Å². The van der Waals surface area contributed by atoms with Crippen LogP contribution >= 0.6 is 0 Å². The van der Waals surface area contributed by atoms with Crippen LogP contribution in [0.3, 0.4) is 0 Å². The largest absolute Gasteiger partial charge is 0.491 e. The maximum absolute atomic E-state index is 13.3. The van der Waals surface area contributed by atoms with E-state index in [9.17, 15) is 18.3 Å². The third kappa shape index (κ3) is 3.61. The van der Waals surface area contributed by atoms with E-state index in [1.54, 1.807) is 30.3 Å². The number of nitrogens with zero attached hydrogens (tertiary/aromatic N) is 3. The molecule has 1 aliphatic rings. The van der Waals surface area contributed by atoms with Crippen LogP contribution in [0.5, 0.6) is 5.75 Å². The number of nitrogens with one attached hydrogen (secondary N) is 1. The maximum Gasteiger partial charge on any atom is 0.433 e. The fourth-order valence-electron chi connectivity index (χ4n) is 2.92. The lowest BCUT2D eigenvalue weighted by Gasteiger charge is -2.24. The van der Waals surface area contributed by atoms with Crippen molar-refractivity contribution in [3.8, 4) is 17.1 Å². The van der Waals surface area contributed by atoms with E-state index in [-0.39, 0.29) is 11.6 Å². The molecule has 1 unspecified atom stereocenters. The molecule has 0 bridgehead atoms. The fraction of sp³-hybridized carbons (Fsp3) is 0.211. The van der Waals surface area contributed by atoms with Gasteiger partial charge in [-0.2, -0.15) is 13.2 Å². The summed E-state index contributed by atoms with van der Waals surface area (Å²) in [5.74, 6) is 0.255. The Kier molecular flexibility index (Phi) is 4.60. The van der Waals surface area contributed by atoms with Crippen LogP contribution in [0.2, 0.25) is 0 Å². The second-order valence-electron chi connectivity index (χ2n) is 6.20. The highest BCUT2D eigenvalue weighted by atomic mass is 19.4. The van der Waals surface area contributed by atoms with E-state index in [2.05, 4.69) is 20.3 Å². The maximum atomic E-state index is 13.3. The Morgan fingerprint density at radius 1 is 1.14 bits per heavy atom. The van der Waals surface area contributed by atoms with E-state index in [0.717, 1.165) is 6.07 Å². The van der Waals surface area contributed by atoms with Crippen LogP contribution < -0.4 is 10.1 Å². The van der Waals surface area contributed by atoms with E-state index < -0.39 is 18.0 Å². The number of alkyl halides is 3. The van der Waals surface area contributed by atoms with Gasteiger partial charge in [-0.25, -0.2) is 9.97 Å². The minimum atomic E-state index is -4.64. The van der Waals surface area contributed by atoms with Crippen molar-refractivity contribution in [2.45, 2.75) is 18.7 Å². The van der Waals surface area contributed by atoms with Crippen molar-refractivity contribution in [1.82, 2.24) is 15.0 Å². The van der Waals surface area contributed by atoms with E-state index in [1.807, 2.05) is 0 Å². The van der Waals surface area contributed by atoms with Gasteiger partial charge in [-0.1, -0.05) is 12.1 Å². The monoisotopic (exact) mass is 388 g/mol. The Morgan fingerprint density at radius 2 is 2.00 bits per heavy atom. The van der Waals surface area contributed by atoms with Crippen LogP contribution in [-0.2, 0) is 6.18 Å². The Labute approximate surface area is 158 Å². The number of halogens is 3. The number of aliphatic hydroxyl groups is 1. The molecule has 144 valence electrons. The highest BCUT2D eigenvalue weighted by Crippen LogP contribution is 2.39. The first-order valence-corrected chi connectivity index (χ1v) is 8.49. The predicted molar refractivity (Wildman–Crippen MR) is 95.1 cm³/mol. The Hall–Kier alpha value is -3.20. The van der Waals surface area contributed by atoms with Crippen molar-refractivity contribution in [2.24, 2.45) is 0 Å². The summed E-state index contributed by atoms with van der Waals surface area (Å²) >= 11 is 0. The molecule has 2 aromatic heterocycles. The number of rotatable bonds is 3. The number of ether oxygens (including phenoxy) is 1. The van der Waals surface area contributed by atoms with Crippen LogP contribution in [0.4, 0.5) is 24.7 Å². The number of benzene rings is 1. The molecule has 1 atom stereocenters. The fourth-order valence-corrected chi connectivity index (χ4v) is 2.92. The molecule has 2 N–H and O–H groups in total. The van der Waals surface area contributed by atoms with Gasteiger partial charge >= 0.3 is 6.18 Å². The molecule has 0 saturated heterocycles. The van der Waals surface area contributed by atoms with Gasteiger partial charge in [0.1, 0.15) is 11.6 Å². The summed E-state index contributed by atoms with van der Waals surface area (Å²) in [6.07, 6.45) is -1.97. The number of aromatic nitrogens is 3. The molecule has 0 fully saturated rings. The standard InChI is InChI=1S/C19H15F3N4O2/c20-19(21,22)15-9-16(26-18(25-15)11-3-2-7-23-10-11)24-13-5-1-4-12-14(27)6-8-28-17(12)13/h1-5,7,9-10,14,27H,6,8H2,(H,24,25,26). The van der Waals surface area contributed by atoms with E-state index >= 15 is 0 Å². The number of aliphatic hydroxyl groups excluding tert-OH is 1. The molecular formula is C19H15F3N4O2. The lowest BCUT2D eigenvalue weighted by molar-refractivity contribution is -0.141. The molecule has 1 aliphatic heterocycles. The van der Waals surface area contributed by atoms with Crippen molar-refractivity contribution in [3.05, 3.63) is 60.0 Å². The lowest BCUT2D eigenvalue weighted by atomic mass is 10.0. The SMILES string of the molecule is OC1CCOc2c(Nc3cc(C(F)(F)F)nc(-c4cccnc4)n3)cccc21. The number of hydrogen-bond acceptors (Lipinski definition) is 6. The average Bonchev–Trinajstić information content (AvgIpc) is 2.69. The first-order valence-electron chi connectivity index (χ1n) is 8.49. The third-order valence-corrected chi connectivity index (χ3v) is 4.24. The van der Waals surface area contributed by atoms with Crippen molar-refractivity contribution in [1.29, 1.82) is 0 Å². The summed E-state index contributed by atoms with van der Waals surface area (Å²) in [7, 11) is 0. The van der Waals surface area contributed by atoms with Gasteiger partial charge in [-0.05, 0) is 18.2 Å². The van der Waals surface area contributed by atoms with Crippen molar-refractivity contribution in [2.75, 3.05) is 11.9 Å². The number of hydrogen-bond donors (Lipinski definition) is 2. The second kappa shape index (κ2) is 7.08. The van der Waals surface area contributed by atoms with Gasteiger partial charge in [0.15, 0.2) is 11.5 Å². The smallest absolute Gasteiger partial charge is 0.433 e. The summed E-state index contributed by atoms with van der Waals surface area (Å²) in [6, 6.07) is 9.05. The van der Waals surface area contributed by atoms with Gasteiger partial charge < -0.3 is 15.2 Å². The summed E-state index contributed by atoms with van der Waals surface area (Å²) in [5, 5.41) is 13.0. The molecule has 3 heterocycles. The molecule has 0 aliphatic carbocycles. The lowest BCUT2D eigenvalue weighted by Crippen LogP contribution is -2.15. The zero-order valence-electron chi connectivity index (χ0n) is 14.4. The third-order valence-electron chi connectivity index (χ3n) is 4.24. The Bertz CT molecular complexity index is 996. The molecule has 0 spiro atoms. The quantitative estimate of drug-likeness (QED) is 0.703. The van der Waals surface area contributed by atoms with Gasteiger partial charge in [0.25, 0.3) is 0 Å². The summed E-state index contributed by atoms with van der Waals surface area (Å²) in [5.41, 5.74) is 0.280. The van der Waals surface area contributed by atoms with Gasteiger partial charge in [0.2, 0.25) is 0 Å². The van der Waals surface area contributed by atoms with Crippen molar-refractivity contribution < 1.29 is 23.0 Å². The molecule has 0 amide bonds. The number of para-hydroxylation sites is 1. The van der Waals surface area contributed by atoms with E-state index in [0.29, 0.717) is 35.6 Å². The first kappa shape index (κ1) is 18.2. The molecule has 4 rings (SSSR count). The van der Waals surface area contributed by atoms with Crippen LogP contribution in [-0.4, -0.2) is 26.7 Å². The normalized spacial score (nSPS) is 16.2. The van der Waals surface area contributed by atoms with Crippen LogP contribution in [0.25, 0.3) is 11.4 Å². The van der Waals surface area contributed by atoms with Crippen LogP contribution in [0, 0.1) is 0 Å². The summed E-state index contributed by atoms with van der Waals surface area (Å²) < 4.78 is 45.6. The summed E-state index contributed by atoms with van der Waals surface area (Å²) in [6.45, 7) is 0.311. The summed E-state index contributed by atoms with van der Waals surface area (Å²) in [4.78, 5) is 11.7. The molecule has 0 radical (unpaired) electrons. The minimum absolute atomic E-state index is 0.0433.